The van der Waals surface area contributed by atoms with E-state index in [0.717, 1.165) is 44.2 Å². The molecule has 5 heteroatoms. The lowest BCUT2D eigenvalue weighted by Gasteiger charge is -2.10. The van der Waals surface area contributed by atoms with Crippen LogP contribution < -0.4 is 0 Å². The third-order valence-electron chi connectivity index (χ3n) is 6.25. The predicted octanol–water partition coefficient (Wildman–Crippen LogP) is 8.22. The summed E-state index contributed by atoms with van der Waals surface area (Å²) in [4.78, 5) is 0. The van der Waals surface area contributed by atoms with E-state index in [1.54, 1.807) is 11.3 Å². The van der Waals surface area contributed by atoms with E-state index >= 15 is 0 Å². The van der Waals surface area contributed by atoms with Crippen molar-refractivity contribution < 1.29 is 8.78 Å². The monoisotopic (exact) mass is 450 g/mol. The van der Waals surface area contributed by atoms with E-state index in [2.05, 4.69) is 33.4 Å². The van der Waals surface area contributed by atoms with Crippen molar-refractivity contribution in [3.05, 3.63) is 109 Å². The quantitative estimate of drug-likeness (QED) is 0.251. The Morgan fingerprint density at radius 2 is 0.879 bits per heavy atom. The molecule has 0 N–H and O–H groups in total. The number of para-hydroxylation sites is 2. The van der Waals surface area contributed by atoms with Crippen molar-refractivity contribution in [2.45, 2.75) is 0 Å². The Balaban J connectivity index is 1.74. The van der Waals surface area contributed by atoms with Crippen molar-refractivity contribution in [3.63, 3.8) is 0 Å². The molecule has 0 atom stereocenters. The van der Waals surface area contributed by atoms with Gasteiger partial charge in [0, 0.05) is 22.1 Å². The van der Waals surface area contributed by atoms with E-state index in [1.807, 2.05) is 48.5 Å². The second kappa shape index (κ2) is 6.77. The summed E-state index contributed by atoms with van der Waals surface area (Å²) in [5.74, 6) is -0.523. The van der Waals surface area contributed by atoms with Gasteiger partial charge in [0.2, 0.25) is 0 Å². The van der Waals surface area contributed by atoms with Gasteiger partial charge < -0.3 is 9.13 Å². The van der Waals surface area contributed by atoms with E-state index in [4.69, 9.17) is 0 Å². The molecule has 0 aliphatic carbocycles. The summed E-state index contributed by atoms with van der Waals surface area (Å²) in [6.07, 6.45) is 0. The highest BCUT2D eigenvalue weighted by molar-refractivity contribution is 7.27. The van der Waals surface area contributed by atoms with Crippen LogP contribution in [0.3, 0.4) is 0 Å². The van der Waals surface area contributed by atoms with Gasteiger partial charge in [0.15, 0.2) is 0 Å². The first-order valence-corrected chi connectivity index (χ1v) is 11.5. The molecule has 0 aliphatic rings. The number of fused-ring (bicyclic) bond motifs is 7. The molecule has 0 aliphatic heterocycles. The number of nitrogens with zero attached hydrogens (tertiary/aromatic N) is 2. The van der Waals surface area contributed by atoms with Crippen LogP contribution in [0.4, 0.5) is 8.78 Å². The summed E-state index contributed by atoms with van der Waals surface area (Å²) < 4.78 is 34.3. The van der Waals surface area contributed by atoms with Crippen LogP contribution in [0.2, 0.25) is 0 Å². The summed E-state index contributed by atoms with van der Waals surface area (Å²) in [6, 6.07) is 29.9. The second-order valence-corrected chi connectivity index (χ2v) is 9.14. The van der Waals surface area contributed by atoms with E-state index in [0.29, 0.717) is 0 Å². The average Bonchev–Trinajstić information content (AvgIpc) is 3.47. The highest BCUT2D eigenvalue weighted by Gasteiger charge is 2.23. The molecule has 0 amide bonds. The van der Waals surface area contributed by atoms with Gasteiger partial charge in [0.05, 0.1) is 31.5 Å². The fraction of sp³-hybridized carbons (Fsp3) is 0. The molecule has 0 fully saturated rings. The fourth-order valence-electron chi connectivity index (χ4n) is 4.87. The van der Waals surface area contributed by atoms with Crippen LogP contribution in [-0.2, 0) is 0 Å². The Labute approximate surface area is 191 Å². The first-order valence-electron chi connectivity index (χ1n) is 10.7. The third kappa shape index (κ3) is 2.57. The summed E-state index contributed by atoms with van der Waals surface area (Å²) in [7, 11) is 0. The smallest absolute Gasteiger partial charge is 0.123 e. The Bertz CT molecular complexity index is 1690. The van der Waals surface area contributed by atoms with Crippen molar-refractivity contribution >= 4 is 53.6 Å². The second-order valence-electron chi connectivity index (χ2n) is 8.12. The van der Waals surface area contributed by atoms with Crippen LogP contribution >= 0.6 is 11.3 Å². The van der Waals surface area contributed by atoms with Gasteiger partial charge in [-0.15, -0.1) is 11.3 Å². The van der Waals surface area contributed by atoms with Crippen LogP contribution in [-0.4, -0.2) is 9.13 Å². The largest absolute Gasteiger partial charge is 0.306 e. The molecular weight excluding hydrogens is 434 g/mol. The molecule has 0 radical (unpaired) electrons. The number of hydrogen-bond donors (Lipinski definition) is 0. The first-order chi connectivity index (χ1) is 16.2. The fourth-order valence-corrected chi connectivity index (χ4v) is 6.21. The molecule has 158 valence electrons. The lowest BCUT2D eigenvalue weighted by Crippen LogP contribution is -1.97. The van der Waals surface area contributed by atoms with Crippen molar-refractivity contribution in [2.75, 3.05) is 0 Å². The van der Waals surface area contributed by atoms with Crippen LogP contribution in [0.25, 0.3) is 53.6 Å². The number of halogens is 2. The van der Waals surface area contributed by atoms with Gasteiger partial charge >= 0.3 is 0 Å². The number of rotatable bonds is 2. The van der Waals surface area contributed by atoms with Crippen LogP contribution in [0.15, 0.2) is 97.1 Å². The summed E-state index contributed by atoms with van der Waals surface area (Å²) in [5.41, 5.74) is 6.09. The van der Waals surface area contributed by atoms with Gasteiger partial charge in [0.25, 0.3) is 0 Å². The minimum Gasteiger partial charge on any atom is -0.306 e. The molecule has 0 saturated heterocycles. The van der Waals surface area contributed by atoms with E-state index < -0.39 is 0 Å². The normalized spacial score (nSPS) is 11.9. The summed E-state index contributed by atoms with van der Waals surface area (Å²) in [6.45, 7) is 0. The first kappa shape index (κ1) is 18.6. The molecule has 3 heterocycles. The molecule has 0 spiro atoms. The van der Waals surface area contributed by atoms with Gasteiger partial charge in [-0.25, -0.2) is 8.78 Å². The topological polar surface area (TPSA) is 9.86 Å². The van der Waals surface area contributed by atoms with E-state index in [1.165, 1.54) is 33.7 Å². The van der Waals surface area contributed by atoms with Crippen molar-refractivity contribution in [1.82, 2.24) is 9.13 Å². The van der Waals surface area contributed by atoms with Crippen LogP contribution in [0, 0.1) is 11.6 Å². The number of hydrogen-bond acceptors (Lipinski definition) is 1. The van der Waals surface area contributed by atoms with Crippen LogP contribution in [0.1, 0.15) is 0 Å². The van der Waals surface area contributed by atoms with Gasteiger partial charge in [-0.2, -0.15) is 0 Å². The maximum atomic E-state index is 13.8. The Kier molecular flexibility index (Phi) is 3.81. The Morgan fingerprint density at radius 1 is 0.485 bits per heavy atom. The van der Waals surface area contributed by atoms with Crippen molar-refractivity contribution in [3.8, 4) is 11.4 Å². The maximum Gasteiger partial charge on any atom is 0.123 e. The minimum absolute atomic E-state index is 0.262. The average molecular weight is 451 g/mol. The van der Waals surface area contributed by atoms with E-state index in [9.17, 15) is 8.78 Å². The van der Waals surface area contributed by atoms with Gasteiger partial charge in [0.1, 0.15) is 11.6 Å². The molecule has 0 bridgehead atoms. The van der Waals surface area contributed by atoms with Crippen LogP contribution in [0.5, 0.6) is 0 Å². The molecule has 0 saturated carbocycles. The molecule has 7 aromatic rings. The van der Waals surface area contributed by atoms with Gasteiger partial charge in [-0.3, -0.25) is 0 Å². The summed E-state index contributed by atoms with van der Waals surface area (Å²) >= 11 is 1.77. The minimum atomic E-state index is -0.262. The molecule has 0 unspecified atom stereocenters. The van der Waals surface area contributed by atoms with E-state index in [-0.39, 0.29) is 11.6 Å². The van der Waals surface area contributed by atoms with Crippen molar-refractivity contribution in [2.24, 2.45) is 0 Å². The summed E-state index contributed by atoms with van der Waals surface area (Å²) in [5, 5.41) is 2.32. The highest BCUT2D eigenvalue weighted by atomic mass is 32.1. The molecule has 3 aromatic heterocycles. The lowest BCUT2D eigenvalue weighted by atomic mass is 10.2. The third-order valence-corrected chi connectivity index (χ3v) is 7.49. The van der Waals surface area contributed by atoms with Gasteiger partial charge in [-0.1, -0.05) is 36.4 Å². The maximum absolute atomic E-state index is 13.8. The molecule has 2 nitrogen and oxygen atoms in total. The zero-order chi connectivity index (χ0) is 22.1. The standard InChI is InChI=1S/C28H16F2N2S/c29-17-9-13-19(14-10-17)31-23-7-3-1-5-21(23)27-25(31)26-28(33-27)22-6-2-4-8-24(22)32(26)20-15-11-18(30)12-16-20/h1-16H. The molecule has 7 rings (SSSR count). The highest BCUT2D eigenvalue weighted by Crippen LogP contribution is 2.47. The Hall–Kier alpha value is -3.96. The lowest BCUT2D eigenvalue weighted by molar-refractivity contribution is 0.627. The molecule has 4 aromatic carbocycles. The number of benzene rings is 4. The molecule has 33 heavy (non-hydrogen) atoms. The SMILES string of the molecule is Fc1ccc(-n2c3ccccc3c3sc4c5ccccc5n(-c5ccc(F)cc5)c4c32)cc1. The molecular formula is C28H16F2N2S. The predicted molar refractivity (Wildman–Crippen MR) is 133 cm³/mol. The number of thiophene rings is 1. The Morgan fingerprint density at radius 3 is 1.30 bits per heavy atom. The van der Waals surface area contributed by atoms with Crippen molar-refractivity contribution in [1.29, 1.82) is 0 Å². The zero-order valence-corrected chi connectivity index (χ0v) is 18.1. The number of aromatic nitrogens is 2. The van der Waals surface area contributed by atoms with Gasteiger partial charge in [-0.05, 0) is 60.7 Å². The zero-order valence-electron chi connectivity index (χ0n) is 17.3.